The Morgan fingerprint density at radius 1 is 1.25 bits per heavy atom. The van der Waals surface area contributed by atoms with Gasteiger partial charge in [0.25, 0.3) is 0 Å². The van der Waals surface area contributed by atoms with Gasteiger partial charge in [-0.3, -0.25) is 4.99 Å². The summed E-state index contributed by atoms with van der Waals surface area (Å²) in [6, 6.07) is 0.497. The van der Waals surface area contributed by atoms with E-state index in [1.807, 2.05) is 7.05 Å². The van der Waals surface area contributed by atoms with Crippen LogP contribution in [0.25, 0.3) is 0 Å². The van der Waals surface area contributed by atoms with E-state index in [1.165, 1.54) is 19.3 Å². The van der Waals surface area contributed by atoms with Crippen LogP contribution in [0, 0.1) is 5.41 Å². The second kappa shape index (κ2) is 11.5. The molecule has 24 heavy (non-hydrogen) atoms. The Morgan fingerprint density at radius 2 is 2.04 bits per heavy atom. The fraction of sp³-hybridized carbons (Fsp3) is 0.941. The van der Waals surface area contributed by atoms with E-state index in [1.54, 1.807) is 7.11 Å². The lowest BCUT2D eigenvalue weighted by Gasteiger charge is -2.61. The van der Waals surface area contributed by atoms with E-state index in [0.717, 1.165) is 38.6 Å². The molecule has 2 unspecified atom stereocenters. The van der Waals surface area contributed by atoms with Crippen LogP contribution in [-0.2, 0) is 14.2 Å². The molecule has 2 N–H and O–H groups in total. The summed E-state index contributed by atoms with van der Waals surface area (Å²) in [5.41, 5.74) is 0.358. The molecular weight excluding hydrogens is 421 g/mol. The number of hydrogen-bond acceptors (Lipinski definition) is 4. The zero-order chi connectivity index (χ0) is 16.5. The molecule has 2 saturated carbocycles. The Morgan fingerprint density at radius 3 is 2.62 bits per heavy atom. The molecule has 2 aliphatic carbocycles. The third-order valence-electron chi connectivity index (χ3n) is 5.16. The third kappa shape index (κ3) is 5.44. The summed E-state index contributed by atoms with van der Waals surface area (Å²) in [6.45, 7) is 5.82. The van der Waals surface area contributed by atoms with E-state index in [4.69, 9.17) is 14.2 Å². The number of ether oxygens (including phenoxy) is 3. The summed E-state index contributed by atoms with van der Waals surface area (Å²) in [4.78, 5) is 4.34. The van der Waals surface area contributed by atoms with Crippen LogP contribution in [0.3, 0.4) is 0 Å². The standard InChI is InChI=1S/C17H33N3O3.HI/c1-4-23-15-13-14(17(15)7-5-8-17)20-16(18-2)19-9-6-10-22-12-11-21-3;/h14-15H,4-13H2,1-3H3,(H2,18,19,20);1H. The van der Waals surface area contributed by atoms with Gasteiger partial charge in [-0.2, -0.15) is 0 Å². The molecule has 2 atom stereocenters. The second-order valence-corrected chi connectivity index (χ2v) is 6.42. The summed E-state index contributed by atoms with van der Waals surface area (Å²) in [7, 11) is 3.52. The normalized spacial score (nSPS) is 24.7. The lowest BCUT2D eigenvalue weighted by molar-refractivity contribution is -0.168. The fourth-order valence-corrected chi connectivity index (χ4v) is 3.63. The molecule has 0 amide bonds. The number of methoxy groups -OCH3 is 1. The van der Waals surface area contributed by atoms with Crippen molar-refractivity contribution >= 4 is 29.9 Å². The van der Waals surface area contributed by atoms with E-state index in [-0.39, 0.29) is 24.0 Å². The van der Waals surface area contributed by atoms with Crippen molar-refractivity contribution in [2.45, 2.75) is 51.2 Å². The largest absolute Gasteiger partial charge is 0.382 e. The quantitative estimate of drug-likeness (QED) is 0.229. The minimum Gasteiger partial charge on any atom is -0.382 e. The Kier molecular flexibility index (Phi) is 10.5. The van der Waals surface area contributed by atoms with Gasteiger partial charge in [0.2, 0.25) is 0 Å². The van der Waals surface area contributed by atoms with E-state index in [0.29, 0.717) is 30.8 Å². The number of hydrogen-bond donors (Lipinski definition) is 2. The van der Waals surface area contributed by atoms with Gasteiger partial charge in [0.15, 0.2) is 5.96 Å². The predicted octanol–water partition coefficient (Wildman–Crippen LogP) is 2.17. The fourth-order valence-electron chi connectivity index (χ4n) is 3.63. The van der Waals surface area contributed by atoms with E-state index < -0.39 is 0 Å². The molecule has 142 valence electrons. The Balaban J connectivity index is 0.00000288. The zero-order valence-electron chi connectivity index (χ0n) is 15.3. The minimum atomic E-state index is 0. The van der Waals surface area contributed by atoms with E-state index in [2.05, 4.69) is 22.5 Å². The van der Waals surface area contributed by atoms with E-state index >= 15 is 0 Å². The highest BCUT2D eigenvalue weighted by molar-refractivity contribution is 14.0. The van der Waals surface area contributed by atoms with Crippen LogP contribution in [-0.4, -0.2) is 65.2 Å². The topological polar surface area (TPSA) is 64.1 Å². The van der Waals surface area contributed by atoms with Crippen molar-refractivity contribution in [3.05, 3.63) is 0 Å². The molecule has 0 aromatic carbocycles. The Hall–Kier alpha value is -0.120. The van der Waals surface area contributed by atoms with E-state index in [9.17, 15) is 0 Å². The van der Waals surface area contributed by atoms with Crippen molar-refractivity contribution in [3.8, 4) is 0 Å². The molecule has 2 aliphatic rings. The first kappa shape index (κ1) is 21.9. The molecular formula is C17H34IN3O3. The lowest BCUT2D eigenvalue weighted by atomic mass is 9.51. The van der Waals surface area contributed by atoms with Gasteiger partial charge in [-0.25, -0.2) is 0 Å². The van der Waals surface area contributed by atoms with Crippen LogP contribution in [0.5, 0.6) is 0 Å². The van der Waals surface area contributed by atoms with Gasteiger partial charge in [-0.05, 0) is 32.6 Å². The summed E-state index contributed by atoms with van der Waals surface area (Å²) >= 11 is 0. The molecule has 0 aromatic heterocycles. The van der Waals surface area contributed by atoms with Crippen molar-refractivity contribution in [3.63, 3.8) is 0 Å². The van der Waals surface area contributed by atoms with Gasteiger partial charge in [-0.15, -0.1) is 24.0 Å². The SMILES string of the molecule is CCOC1CC(NC(=NC)NCCCOCCOC)C12CCC2.I. The molecule has 0 bridgehead atoms. The maximum atomic E-state index is 5.90. The van der Waals surface area contributed by atoms with Crippen molar-refractivity contribution < 1.29 is 14.2 Å². The highest BCUT2D eigenvalue weighted by Gasteiger charge is 2.59. The molecule has 0 radical (unpaired) electrons. The first-order valence-corrected chi connectivity index (χ1v) is 8.92. The monoisotopic (exact) mass is 455 g/mol. The minimum absolute atomic E-state index is 0. The molecule has 0 aliphatic heterocycles. The average molecular weight is 455 g/mol. The molecule has 7 heteroatoms. The smallest absolute Gasteiger partial charge is 0.191 e. The number of nitrogens with one attached hydrogen (secondary N) is 2. The van der Waals surface area contributed by atoms with Gasteiger partial charge >= 0.3 is 0 Å². The van der Waals surface area contributed by atoms with Crippen LogP contribution in [0.2, 0.25) is 0 Å². The summed E-state index contributed by atoms with van der Waals surface area (Å²) in [5.74, 6) is 0.896. The predicted molar refractivity (Wildman–Crippen MR) is 107 cm³/mol. The van der Waals surface area contributed by atoms with Gasteiger partial charge < -0.3 is 24.8 Å². The van der Waals surface area contributed by atoms with Gasteiger partial charge in [-0.1, -0.05) is 6.42 Å². The molecule has 2 fully saturated rings. The van der Waals surface area contributed by atoms with Gasteiger partial charge in [0.1, 0.15) is 0 Å². The first-order chi connectivity index (χ1) is 11.3. The van der Waals surface area contributed by atoms with Crippen molar-refractivity contribution in [2.24, 2.45) is 10.4 Å². The molecule has 1 spiro atoms. The van der Waals surface area contributed by atoms with Crippen LogP contribution >= 0.6 is 24.0 Å². The number of rotatable bonds is 10. The summed E-state index contributed by atoms with van der Waals surface area (Å²) in [6.07, 6.45) is 6.37. The van der Waals surface area contributed by atoms with Crippen LogP contribution < -0.4 is 10.6 Å². The zero-order valence-corrected chi connectivity index (χ0v) is 17.6. The molecule has 2 rings (SSSR count). The second-order valence-electron chi connectivity index (χ2n) is 6.42. The first-order valence-electron chi connectivity index (χ1n) is 8.92. The molecule has 0 heterocycles. The van der Waals surface area contributed by atoms with Crippen LogP contribution in [0.15, 0.2) is 4.99 Å². The maximum absolute atomic E-state index is 5.90. The Bertz CT molecular complexity index is 378. The third-order valence-corrected chi connectivity index (χ3v) is 5.16. The number of aliphatic imine (C=N–C) groups is 1. The number of halogens is 1. The molecule has 6 nitrogen and oxygen atoms in total. The summed E-state index contributed by atoms with van der Waals surface area (Å²) in [5, 5.41) is 6.97. The average Bonchev–Trinajstić information content (AvgIpc) is 2.49. The maximum Gasteiger partial charge on any atom is 0.191 e. The number of nitrogens with zero attached hydrogens (tertiary/aromatic N) is 1. The van der Waals surface area contributed by atoms with Crippen molar-refractivity contribution in [2.75, 3.05) is 47.1 Å². The van der Waals surface area contributed by atoms with Crippen LogP contribution in [0.1, 0.15) is 39.0 Å². The van der Waals surface area contributed by atoms with Crippen LogP contribution in [0.4, 0.5) is 0 Å². The van der Waals surface area contributed by atoms with Crippen molar-refractivity contribution in [1.29, 1.82) is 0 Å². The highest BCUT2D eigenvalue weighted by Crippen LogP contribution is 2.57. The summed E-state index contributed by atoms with van der Waals surface area (Å²) < 4.78 is 16.3. The lowest BCUT2D eigenvalue weighted by Crippen LogP contribution is -2.68. The van der Waals surface area contributed by atoms with Crippen molar-refractivity contribution in [1.82, 2.24) is 10.6 Å². The van der Waals surface area contributed by atoms with Gasteiger partial charge in [0.05, 0.1) is 19.3 Å². The Labute approximate surface area is 163 Å². The van der Waals surface area contributed by atoms with Gasteiger partial charge in [0, 0.05) is 45.4 Å². The highest BCUT2D eigenvalue weighted by atomic mass is 127. The molecule has 0 saturated heterocycles. The number of guanidine groups is 1. The molecule has 0 aromatic rings.